The summed E-state index contributed by atoms with van der Waals surface area (Å²) in [6.45, 7) is 2.58. The van der Waals surface area contributed by atoms with Crippen LogP contribution in [0.4, 0.5) is 10.6 Å². The number of anilines is 1. The van der Waals surface area contributed by atoms with Crippen molar-refractivity contribution in [2.45, 2.75) is 31.7 Å². The van der Waals surface area contributed by atoms with E-state index in [-0.39, 0.29) is 48.6 Å². The van der Waals surface area contributed by atoms with Gasteiger partial charge in [-0.05, 0) is 37.8 Å². The van der Waals surface area contributed by atoms with E-state index in [1.165, 1.54) is 0 Å². The second-order valence-corrected chi connectivity index (χ2v) is 7.13. The first kappa shape index (κ1) is 24.8. The fourth-order valence-electron chi connectivity index (χ4n) is 3.62. The number of carboxylic acids is 1. The van der Waals surface area contributed by atoms with E-state index in [1.807, 2.05) is 6.07 Å². The predicted molar refractivity (Wildman–Crippen MR) is 115 cm³/mol. The van der Waals surface area contributed by atoms with Gasteiger partial charge in [0.1, 0.15) is 11.7 Å². The van der Waals surface area contributed by atoms with E-state index in [4.69, 9.17) is 16.2 Å². The number of nitrogens with zero attached hydrogens (tertiary/aromatic N) is 3. The summed E-state index contributed by atoms with van der Waals surface area (Å²) in [7, 11) is 0. The van der Waals surface area contributed by atoms with E-state index < -0.39 is 5.97 Å². The molecule has 2 amide bonds. The summed E-state index contributed by atoms with van der Waals surface area (Å²) in [5, 5.41) is 19.5. The van der Waals surface area contributed by atoms with Gasteiger partial charge >= 0.3 is 12.0 Å². The van der Waals surface area contributed by atoms with Crippen LogP contribution < -0.4 is 16.0 Å². The van der Waals surface area contributed by atoms with E-state index >= 15 is 0 Å². The summed E-state index contributed by atoms with van der Waals surface area (Å²) in [6, 6.07) is 3.60. The largest absolute Gasteiger partial charge is 0.481 e. The highest BCUT2D eigenvalue weighted by atomic mass is 35.5. The van der Waals surface area contributed by atoms with Gasteiger partial charge in [0.15, 0.2) is 0 Å². The van der Waals surface area contributed by atoms with Crippen LogP contribution in [0.5, 0.6) is 0 Å². The minimum Gasteiger partial charge on any atom is -0.481 e. The Morgan fingerprint density at radius 1 is 1.10 bits per heavy atom. The number of carbonyl (C=O) groups is 2. The molecule has 0 aromatic carbocycles. The Balaban J connectivity index is 0.00000210. The predicted octanol–water partition coefficient (Wildman–Crippen LogP) is 1.68. The van der Waals surface area contributed by atoms with Gasteiger partial charge in [-0.2, -0.15) is 0 Å². The van der Waals surface area contributed by atoms with Crippen molar-refractivity contribution < 1.29 is 14.7 Å². The summed E-state index contributed by atoms with van der Waals surface area (Å²) >= 11 is 0. The van der Waals surface area contributed by atoms with Gasteiger partial charge < -0.3 is 26.0 Å². The zero-order chi connectivity index (χ0) is 19.4. The smallest absolute Gasteiger partial charge is 0.317 e. The third kappa shape index (κ3) is 6.37. The molecule has 1 saturated carbocycles. The van der Waals surface area contributed by atoms with Crippen molar-refractivity contribution in [3.8, 4) is 0 Å². The third-order valence-electron chi connectivity index (χ3n) is 5.35. The van der Waals surface area contributed by atoms with Gasteiger partial charge in [-0.25, -0.2) is 9.78 Å². The lowest BCUT2D eigenvalue weighted by Crippen LogP contribution is -2.54. The van der Waals surface area contributed by atoms with Crippen LogP contribution in [0.3, 0.4) is 0 Å². The maximum Gasteiger partial charge on any atom is 0.317 e. The molecule has 0 bridgehead atoms. The molecule has 1 aliphatic heterocycles. The highest BCUT2D eigenvalue weighted by molar-refractivity contribution is 5.94. The quantitative estimate of drug-likeness (QED) is 0.410. The van der Waals surface area contributed by atoms with Gasteiger partial charge in [0.25, 0.3) is 0 Å². The van der Waals surface area contributed by atoms with Gasteiger partial charge in [-0.1, -0.05) is 0 Å². The van der Waals surface area contributed by atoms with Crippen LogP contribution in [0, 0.1) is 11.3 Å². The van der Waals surface area contributed by atoms with Crippen LogP contribution in [0.15, 0.2) is 18.3 Å². The summed E-state index contributed by atoms with van der Waals surface area (Å²) in [5.41, 5.74) is 6.03. The molecular formula is C18H28Cl2N6O3. The minimum absolute atomic E-state index is 0. The van der Waals surface area contributed by atoms with Crippen molar-refractivity contribution in [2.75, 3.05) is 31.1 Å². The number of urea groups is 1. The molecule has 162 valence electrons. The molecular weight excluding hydrogens is 419 g/mol. The number of amides is 2. The SMILES string of the molecule is Cl.Cl.N=C(N)c1ccc(N2CCN(C(=O)N[C@H]3CC[C@H](C(=O)O)CC3)CC2)nc1. The molecule has 1 aromatic heterocycles. The minimum atomic E-state index is -0.735. The summed E-state index contributed by atoms with van der Waals surface area (Å²) in [6.07, 6.45) is 4.26. The number of aromatic nitrogens is 1. The van der Waals surface area contributed by atoms with Crippen LogP contribution in [-0.4, -0.2) is 65.0 Å². The number of aliphatic carboxylic acids is 1. The topological polar surface area (TPSA) is 136 Å². The second kappa shape index (κ2) is 11.1. The molecule has 5 N–H and O–H groups in total. The number of carbonyl (C=O) groups excluding carboxylic acids is 1. The number of nitrogen functional groups attached to an aromatic ring is 1. The Morgan fingerprint density at radius 3 is 2.21 bits per heavy atom. The van der Waals surface area contributed by atoms with Gasteiger partial charge in [-0.3, -0.25) is 10.2 Å². The lowest BCUT2D eigenvalue weighted by molar-refractivity contribution is -0.142. The van der Waals surface area contributed by atoms with Crippen molar-refractivity contribution in [1.82, 2.24) is 15.2 Å². The number of rotatable bonds is 4. The van der Waals surface area contributed by atoms with Gasteiger partial charge in [0.05, 0.1) is 5.92 Å². The maximum atomic E-state index is 12.5. The van der Waals surface area contributed by atoms with Gasteiger partial charge in [0.2, 0.25) is 0 Å². The van der Waals surface area contributed by atoms with Crippen LogP contribution in [0.1, 0.15) is 31.2 Å². The molecule has 2 fully saturated rings. The average molecular weight is 447 g/mol. The molecule has 2 heterocycles. The molecule has 0 atom stereocenters. The van der Waals surface area contributed by atoms with E-state index in [0.29, 0.717) is 44.6 Å². The Kier molecular flexibility index (Phi) is 9.45. The number of nitrogens with one attached hydrogen (secondary N) is 2. The zero-order valence-corrected chi connectivity index (χ0v) is 17.7. The Labute approximate surface area is 182 Å². The van der Waals surface area contributed by atoms with Gasteiger partial charge in [-0.15, -0.1) is 24.8 Å². The molecule has 11 heteroatoms. The number of hydrogen-bond donors (Lipinski definition) is 4. The van der Waals surface area contributed by atoms with Gasteiger partial charge in [0, 0.05) is 44.0 Å². The van der Waals surface area contributed by atoms with Crippen molar-refractivity contribution in [3.63, 3.8) is 0 Å². The zero-order valence-electron chi connectivity index (χ0n) is 16.0. The number of carboxylic acid groups (broad SMARTS) is 1. The van der Waals surface area contributed by atoms with Crippen molar-refractivity contribution in [2.24, 2.45) is 11.7 Å². The molecule has 29 heavy (non-hydrogen) atoms. The summed E-state index contributed by atoms with van der Waals surface area (Å²) in [5.74, 6) is -0.204. The highest BCUT2D eigenvalue weighted by Gasteiger charge is 2.28. The number of halogens is 2. The maximum absolute atomic E-state index is 12.5. The fourth-order valence-corrected chi connectivity index (χ4v) is 3.62. The van der Waals surface area contributed by atoms with E-state index in [1.54, 1.807) is 17.2 Å². The summed E-state index contributed by atoms with van der Waals surface area (Å²) < 4.78 is 0. The van der Waals surface area contributed by atoms with Crippen molar-refractivity contribution in [3.05, 3.63) is 23.9 Å². The number of piperazine rings is 1. The molecule has 2 aliphatic rings. The first-order valence-electron chi connectivity index (χ1n) is 9.27. The molecule has 0 spiro atoms. The Bertz CT molecular complexity index is 702. The number of hydrogen-bond acceptors (Lipinski definition) is 5. The summed E-state index contributed by atoms with van der Waals surface area (Å²) in [4.78, 5) is 31.7. The van der Waals surface area contributed by atoms with E-state index in [0.717, 1.165) is 18.7 Å². The second-order valence-electron chi connectivity index (χ2n) is 7.13. The van der Waals surface area contributed by atoms with Crippen LogP contribution in [0.25, 0.3) is 0 Å². The Morgan fingerprint density at radius 2 is 1.72 bits per heavy atom. The van der Waals surface area contributed by atoms with Crippen LogP contribution in [0.2, 0.25) is 0 Å². The first-order chi connectivity index (χ1) is 12.9. The highest BCUT2D eigenvalue weighted by Crippen LogP contribution is 2.24. The Hall–Kier alpha value is -2.26. The standard InChI is InChI=1S/C18H26N6O3.2ClH/c19-16(20)13-3-6-15(21-11-13)23-7-9-24(10-8-23)18(27)22-14-4-1-12(2-5-14)17(25)26;;/h3,6,11-12,14H,1-2,4-5,7-10H2,(H3,19,20)(H,22,27)(H,25,26);2*1H/t12-,14-;;. The molecule has 0 radical (unpaired) electrons. The van der Waals surface area contributed by atoms with E-state index in [2.05, 4.69) is 15.2 Å². The monoisotopic (exact) mass is 446 g/mol. The number of pyridine rings is 1. The van der Waals surface area contributed by atoms with Crippen LogP contribution >= 0.6 is 24.8 Å². The van der Waals surface area contributed by atoms with Crippen molar-refractivity contribution >= 4 is 48.5 Å². The van der Waals surface area contributed by atoms with Crippen molar-refractivity contribution in [1.29, 1.82) is 5.41 Å². The number of nitrogens with two attached hydrogens (primary N) is 1. The molecule has 1 aromatic rings. The molecule has 9 nitrogen and oxygen atoms in total. The first-order valence-corrected chi connectivity index (χ1v) is 9.27. The number of amidine groups is 1. The normalized spacial score (nSPS) is 21.4. The molecule has 1 aliphatic carbocycles. The lowest BCUT2D eigenvalue weighted by atomic mass is 9.86. The lowest BCUT2D eigenvalue weighted by Gasteiger charge is -2.36. The fraction of sp³-hybridized carbons (Fsp3) is 0.556. The third-order valence-corrected chi connectivity index (χ3v) is 5.35. The van der Waals surface area contributed by atoms with E-state index in [9.17, 15) is 9.59 Å². The molecule has 0 unspecified atom stereocenters. The molecule has 1 saturated heterocycles. The molecule has 3 rings (SSSR count). The van der Waals surface area contributed by atoms with Crippen LogP contribution in [-0.2, 0) is 4.79 Å². The average Bonchev–Trinajstić information content (AvgIpc) is 2.68.